The van der Waals surface area contributed by atoms with Crippen molar-refractivity contribution in [2.24, 2.45) is 0 Å². The normalized spacial score (nSPS) is 25.6. The monoisotopic (exact) mass is 1030 g/mol. The van der Waals surface area contributed by atoms with E-state index >= 15 is 0 Å². The zero-order valence-corrected chi connectivity index (χ0v) is 45.7. The molecular formula is C58H111NO13. The fourth-order valence-electron chi connectivity index (χ4n) is 10.1. The van der Waals surface area contributed by atoms with Crippen molar-refractivity contribution in [3.63, 3.8) is 0 Å². The van der Waals surface area contributed by atoms with Crippen LogP contribution in [-0.2, 0) is 23.7 Å². The predicted octanol–water partition coefficient (Wildman–Crippen LogP) is 9.89. The number of allylic oxidation sites excluding steroid dienone is 1. The molecule has 0 aromatic carbocycles. The smallest absolute Gasteiger partial charge is 0.220 e. The van der Waals surface area contributed by atoms with Crippen LogP contribution in [0.15, 0.2) is 12.2 Å². The van der Waals surface area contributed by atoms with Crippen molar-refractivity contribution in [3.05, 3.63) is 12.2 Å². The quantitative estimate of drug-likeness (QED) is 0.0205. The molecule has 0 aliphatic carbocycles. The molecule has 0 spiro atoms. The molecule has 2 saturated heterocycles. The van der Waals surface area contributed by atoms with Crippen molar-refractivity contribution >= 4 is 5.91 Å². The van der Waals surface area contributed by atoms with Crippen LogP contribution in [0.4, 0.5) is 0 Å². The molecule has 2 fully saturated rings. The van der Waals surface area contributed by atoms with Crippen LogP contribution in [0, 0.1) is 0 Å². The van der Waals surface area contributed by atoms with E-state index in [1.54, 1.807) is 6.08 Å². The highest BCUT2D eigenvalue weighted by Gasteiger charge is 2.51. The third kappa shape index (κ3) is 30.5. The van der Waals surface area contributed by atoms with E-state index in [-0.39, 0.29) is 18.9 Å². The molecule has 2 heterocycles. The Kier molecular flexibility index (Phi) is 41.6. The van der Waals surface area contributed by atoms with Gasteiger partial charge in [0.15, 0.2) is 12.6 Å². The summed E-state index contributed by atoms with van der Waals surface area (Å²) in [5, 5.41) is 87.0. The van der Waals surface area contributed by atoms with Crippen molar-refractivity contribution in [2.45, 2.75) is 331 Å². The van der Waals surface area contributed by atoms with Crippen LogP contribution in [0.1, 0.15) is 258 Å². The number of hydrogen-bond acceptors (Lipinski definition) is 13. The summed E-state index contributed by atoms with van der Waals surface area (Å²) in [6.45, 7) is 2.82. The van der Waals surface area contributed by atoms with E-state index in [1.165, 1.54) is 193 Å². The first-order valence-corrected chi connectivity index (χ1v) is 29.9. The highest BCUT2D eigenvalue weighted by atomic mass is 16.7. The molecule has 2 aliphatic rings. The van der Waals surface area contributed by atoms with Crippen molar-refractivity contribution in [2.75, 3.05) is 19.8 Å². The molecule has 72 heavy (non-hydrogen) atoms. The molecule has 0 aromatic heterocycles. The zero-order chi connectivity index (χ0) is 52.4. The molecule has 0 saturated carbocycles. The number of ether oxygens (including phenoxy) is 4. The summed E-state index contributed by atoms with van der Waals surface area (Å²) >= 11 is 0. The van der Waals surface area contributed by atoms with Gasteiger partial charge in [-0.2, -0.15) is 0 Å². The van der Waals surface area contributed by atoms with Gasteiger partial charge in [0.1, 0.15) is 48.8 Å². The molecule has 1 amide bonds. The fraction of sp³-hybridized carbons (Fsp3) is 0.948. The summed E-state index contributed by atoms with van der Waals surface area (Å²) in [7, 11) is 0. The maximum Gasteiger partial charge on any atom is 0.220 e. The van der Waals surface area contributed by atoms with E-state index in [4.69, 9.17) is 18.9 Å². The maximum absolute atomic E-state index is 13.2. The van der Waals surface area contributed by atoms with Crippen molar-refractivity contribution in [1.82, 2.24) is 5.32 Å². The molecule has 14 heteroatoms. The van der Waals surface area contributed by atoms with Crippen LogP contribution >= 0.6 is 0 Å². The number of hydrogen-bond donors (Lipinski definition) is 9. The lowest BCUT2D eigenvalue weighted by Gasteiger charge is -2.46. The number of aliphatic hydroxyl groups excluding tert-OH is 8. The standard InChI is InChI=1S/C58H111NO13/c1-3-5-7-9-11-13-15-17-18-19-20-21-22-23-24-25-26-27-28-30-31-33-35-37-39-41-47(62)46(59-50(63)42-40-38-36-34-32-29-16-14-12-10-8-6-4-2)45-69-57-55(68)53(66)56(49(44-61)71-57)72-58-54(67)52(65)51(64)48(43-60)70-58/h39,41,46-49,51-58,60-62,64-68H,3-38,40,42-45H2,1-2H3,(H,59,63)/b41-39+. The molecule has 0 bridgehead atoms. The average molecular weight is 1030 g/mol. The summed E-state index contributed by atoms with van der Waals surface area (Å²) < 4.78 is 22.8. The van der Waals surface area contributed by atoms with Crippen molar-refractivity contribution < 1.29 is 64.6 Å². The van der Waals surface area contributed by atoms with Gasteiger partial charge in [0.25, 0.3) is 0 Å². The van der Waals surface area contributed by atoms with E-state index < -0.39 is 86.8 Å². The first-order valence-electron chi connectivity index (χ1n) is 29.9. The average Bonchev–Trinajstić information content (AvgIpc) is 3.38. The molecule has 14 nitrogen and oxygen atoms in total. The maximum atomic E-state index is 13.2. The minimum atomic E-state index is -1.78. The number of unbranched alkanes of at least 4 members (excludes halogenated alkanes) is 35. The topological polar surface area (TPSA) is 228 Å². The molecule has 0 radical (unpaired) electrons. The molecule has 0 aromatic rings. The second-order valence-corrected chi connectivity index (χ2v) is 21.5. The van der Waals surface area contributed by atoms with Gasteiger partial charge in [-0.15, -0.1) is 0 Å². The minimum absolute atomic E-state index is 0.236. The van der Waals surface area contributed by atoms with Gasteiger partial charge in [-0.05, 0) is 19.3 Å². The molecule has 9 N–H and O–H groups in total. The largest absolute Gasteiger partial charge is 0.394 e. The SMILES string of the molecule is CCCCCCCCCCCCCCCCCCCCCCCCC/C=C/C(O)C(COC1OC(CO)C(OC2OC(CO)C(O)C(O)C2O)C(O)C1O)NC(=O)CCCCCCCCCCCCCCC. The van der Waals surface area contributed by atoms with Gasteiger partial charge in [-0.3, -0.25) is 4.79 Å². The second-order valence-electron chi connectivity index (χ2n) is 21.5. The van der Waals surface area contributed by atoms with E-state index in [2.05, 4.69) is 19.2 Å². The van der Waals surface area contributed by atoms with Crippen LogP contribution in [-0.4, -0.2) is 140 Å². The van der Waals surface area contributed by atoms with Crippen molar-refractivity contribution in [3.8, 4) is 0 Å². The molecule has 426 valence electrons. The Hall–Kier alpha value is -1.27. The van der Waals surface area contributed by atoms with Crippen LogP contribution in [0.25, 0.3) is 0 Å². The first kappa shape index (κ1) is 66.8. The van der Waals surface area contributed by atoms with Gasteiger partial charge in [0.05, 0.1) is 32.0 Å². The Labute approximate surface area is 437 Å². The summed E-state index contributed by atoms with van der Waals surface area (Å²) in [5.74, 6) is -0.236. The second kappa shape index (κ2) is 44.8. The molecule has 12 atom stereocenters. The number of rotatable bonds is 48. The molecule has 2 rings (SSSR count). The lowest BCUT2D eigenvalue weighted by molar-refractivity contribution is -0.359. The van der Waals surface area contributed by atoms with Gasteiger partial charge in [-0.1, -0.05) is 244 Å². The van der Waals surface area contributed by atoms with E-state index in [0.717, 1.165) is 38.5 Å². The molecular weight excluding hydrogens is 919 g/mol. The number of amides is 1. The summed E-state index contributed by atoms with van der Waals surface area (Å²) in [6.07, 6.45) is 34.0. The van der Waals surface area contributed by atoms with Gasteiger partial charge in [-0.25, -0.2) is 0 Å². The highest BCUT2D eigenvalue weighted by molar-refractivity contribution is 5.76. The number of carbonyl (C=O) groups is 1. The number of carbonyl (C=O) groups excluding carboxylic acids is 1. The number of aliphatic hydroxyl groups is 8. The van der Waals surface area contributed by atoms with E-state index in [9.17, 15) is 45.6 Å². The Morgan fingerprint density at radius 3 is 1.28 bits per heavy atom. The van der Waals surface area contributed by atoms with Crippen LogP contribution in [0.5, 0.6) is 0 Å². The Balaban J connectivity index is 1.73. The lowest BCUT2D eigenvalue weighted by atomic mass is 9.97. The van der Waals surface area contributed by atoms with Crippen LogP contribution in [0.2, 0.25) is 0 Å². The highest BCUT2D eigenvalue weighted by Crippen LogP contribution is 2.30. The zero-order valence-electron chi connectivity index (χ0n) is 45.7. The first-order chi connectivity index (χ1) is 35.1. The Morgan fingerprint density at radius 1 is 0.486 bits per heavy atom. The summed E-state index contributed by atoms with van der Waals surface area (Å²) in [6, 6.07) is -0.909. The summed E-state index contributed by atoms with van der Waals surface area (Å²) in [5.41, 5.74) is 0. The van der Waals surface area contributed by atoms with Gasteiger partial charge in [0.2, 0.25) is 5.91 Å². The Morgan fingerprint density at radius 2 is 0.861 bits per heavy atom. The molecule has 12 unspecified atom stereocenters. The van der Waals surface area contributed by atoms with Crippen LogP contribution < -0.4 is 5.32 Å². The number of nitrogens with one attached hydrogen (secondary N) is 1. The third-order valence-electron chi connectivity index (χ3n) is 15.0. The van der Waals surface area contributed by atoms with Crippen LogP contribution in [0.3, 0.4) is 0 Å². The summed E-state index contributed by atoms with van der Waals surface area (Å²) in [4.78, 5) is 13.2. The minimum Gasteiger partial charge on any atom is -0.394 e. The Bertz CT molecular complexity index is 1260. The van der Waals surface area contributed by atoms with E-state index in [1.807, 2.05) is 6.08 Å². The third-order valence-corrected chi connectivity index (χ3v) is 15.0. The van der Waals surface area contributed by atoms with Gasteiger partial charge in [0, 0.05) is 6.42 Å². The van der Waals surface area contributed by atoms with E-state index in [0.29, 0.717) is 6.42 Å². The molecule has 2 aliphatic heterocycles. The van der Waals surface area contributed by atoms with Gasteiger partial charge >= 0.3 is 0 Å². The lowest BCUT2D eigenvalue weighted by Crippen LogP contribution is -2.65. The van der Waals surface area contributed by atoms with Crippen molar-refractivity contribution in [1.29, 1.82) is 0 Å². The van der Waals surface area contributed by atoms with Gasteiger partial charge < -0.3 is 65.1 Å². The fourth-order valence-corrected chi connectivity index (χ4v) is 10.1. The predicted molar refractivity (Wildman–Crippen MR) is 286 cm³/mol.